The van der Waals surface area contributed by atoms with Gasteiger partial charge in [-0.25, -0.2) is 0 Å². The van der Waals surface area contributed by atoms with Crippen molar-refractivity contribution in [3.05, 3.63) is 134 Å². The van der Waals surface area contributed by atoms with E-state index in [1.54, 1.807) is 0 Å². The third-order valence-corrected chi connectivity index (χ3v) is 19.3. The summed E-state index contributed by atoms with van der Waals surface area (Å²) < 4.78 is 5.23. The van der Waals surface area contributed by atoms with E-state index >= 15 is 0 Å². The van der Waals surface area contributed by atoms with Crippen LogP contribution in [0.25, 0.3) is 0 Å². The summed E-state index contributed by atoms with van der Waals surface area (Å²) >= 11 is -3.58. The fourth-order valence-electron chi connectivity index (χ4n) is 4.49. The summed E-state index contributed by atoms with van der Waals surface area (Å²) in [4.78, 5) is 0. The zero-order valence-corrected chi connectivity index (χ0v) is 34.6. The van der Waals surface area contributed by atoms with Crippen LogP contribution in [0.1, 0.15) is 105 Å². The molecule has 0 spiro atoms. The fraction of sp³-hybridized carbons (Fsp3) is 0.400. The molecular weight excluding hydrogens is 805 g/mol. The van der Waals surface area contributed by atoms with E-state index in [0.717, 1.165) is 0 Å². The summed E-state index contributed by atoms with van der Waals surface area (Å²) in [6, 6.07) is 35.6. The van der Waals surface area contributed by atoms with Crippen LogP contribution in [0.5, 0.6) is 0 Å². The van der Waals surface area contributed by atoms with Crippen molar-refractivity contribution in [1.82, 2.24) is 0 Å². The first-order valence-corrected chi connectivity index (χ1v) is 25.1. The molecule has 44 heavy (non-hydrogen) atoms. The van der Waals surface area contributed by atoms with Gasteiger partial charge in [0.2, 0.25) is 0 Å². The molecule has 0 aliphatic heterocycles. The maximum absolute atomic E-state index is 6.82. The van der Waals surface area contributed by atoms with E-state index in [0.29, 0.717) is 0 Å². The van der Waals surface area contributed by atoms with Crippen molar-refractivity contribution in [3.8, 4) is 0 Å². The topological polar surface area (TPSA) is 0 Å². The van der Waals surface area contributed by atoms with Crippen molar-refractivity contribution in [2.45, 2.75) is 105 Å². The summed E-state index contributed by atoms with van der Waals surface area (Å²) in [6.45, 7) is 26.9. The number of benzene rings is 4. The summed E-state index contributed by atoms with van der Waals surface area (Å²) in [6.07, 6.45) is 0. The Hall–Kier alpha value is -1.08. The van der Waals surface area contributed by atoms with Crippen LogP contribution in [0.15, 0.2) is 97.1 Å². The van der Waals surface area contributed by atoms with E-state index in [9.17, 15) is 0 Å². The molecule has 0 saturated carbocycles. The first kappa shape index (κ1) is 37.4. The fourth-order valence-corrected chi connectivity index (χ4v) is 12.5. The first-order chi connectivity index (χ1) is 20.2. The van der Waals surface area contributed by atoms with Gasteiger partial charge in [0.05, 0.1) is 0 Å². The van der Waals surface area contributed by atoms with Gasteiger partial charge >= 0.3 is 294 Å². The van der Waals surface area contributed by atoms with Gasteiger partial charge in [-0.1, -0.05) is 0 Å². The van der Waals surface area contributed by atoms with Crippen molar-refractivity contribution < 1.29 is 0 Å². The Bertz CT molecular complexity index is 1230. The molecule has 0 amide bonds. The minimum atomic E-state index is -1.79. The van der Waals surface area contributed by atoms with E-state index in [1.807, 2.05) is 0 Å². The molecule has 0 fully saturated rings. The minimum absolute atomic E-state index is 0.193. The summed E-state index contributed by atoms with van der Waals surface area (Å²) in [5, 5.41) is 0. The first-order valence-electron chi connectivity index (χ1n) is 15.3. The van der Waals surface area contributed by atoms with Crippen molar-refractivity contribution >= 4 is 55.2 Å². The normalized spacial score (nSPS) is 13.1. The van der Waals surface area contributed by atoms with Gasteiger partial charge in [-0.2, -0.15) is 0 Å². The van der Waals surface area contributed by atoms with Crippen molar-refractivity contribution in [1.29, 1.82) is 0 Å². The van der Waals surface area contributed by atoms with Crippen molar-refractivity contribution in [2.75, 3.05) is 0 Å². The van der Waals surface area contributed by atoms with Crippen LogP contribution in [0.3, 0.4) is 0 Å². The van der Waals surface area contributed by atoms with Gasteiger partial charge < -0.3 is 0 Å². The molecular formula is C40H52Cl2I2. The zero-order chi connectivity index (χ0) is 33.1. The monoisotopic (exact) mass is 856 g/mol. The molecule has 4 heteroatoms. The van der Waals surface area contributed by atoms with E-state index < -0.39 is 37.4 Å². The Kier molecular flexibility index (Phi) is 12.6. The number of rotatable bonds is 4. The van der Waals surface area contributed by atoms with E-state index in [2.05, 4.69) is 180 Å². The molecule has 0 heterocycles. The Morgan fingerprint density at radius 3 is 0.545 bits per heavy atom. The zero-order valence-electron chi connectivity index (χ0n) is 28.7. The van der Waals surface area contributed by atoms with Crippen LogP contribution < -0.4 is 0 Å². The Labute approximate surface area is 291 Å². The van der Waals surface area contributed by atoms with E-state index in [4.69, 9.17) is 17.8 Å². The molecule has 0 aliphatic rings. The van der Waals surface area contributed by atoms with E-state index in [-0.39, 0.29) is 21.7 Å². The Morgan fingerprint density at radius 2 is 0.432 bits per heavy atom. The molecule has 4 aromatic carbocycles. The van der Waals surface area contributed by atoms with Gasteiger partial charge in [0, 0.05) is 0 Å². The maximum atomic E-state index is 6.82. The van der Waals surface area contributed by atoms with Crippen LogP contribution >= 0.6 is 55.2 Å². The van der Waals surface area contributed by atoms with Crippen molar-refractivity contribution in [3.63, 3.8) is 0 Å². The van der Waals surface area contributed by atoms with Crippen molar-refractivity contribution in [2.24, 2.45) is 0 Å². The SMILES string of the molecule is CC(C)(C)c1ccc(I(Cl)c2ccc(C(C)(C)C)cc2)cc1.CC(C)(C)c1ccc(I(Cl)c2ccc(C(C)(C)C)cc2)cc1. The third kappa shape index (κ3) is 10.5. The number of hydrogen-bond acceptors (Lipinski definition) is 0. The van der Waals surface area contributed by atoms with Crippen LogP contribution in [0.2, 0.25) is 0 Å². The van der Waals surface area contributed by atoms with E-state index in [1.165, 1.54) is 36.5 Å². The summed E-state index contributed by atoms with van der Waals surface area (Å²) in [5.74, 6) is 0. The van der Waals surface area contributed by atoms with Gasteiger partial charge in [-0.15, -0.1) is 0 Å². The number of halogens is 4. The summed E-state index contributed by atoms with van der Waals surface area (Å²) in [5.41, 5.74) is 6.22. The standard InChI is InChI=1S/2C20H26ClI/c2*1-19(2,3)15-7-11-17(12-8-15)22(21)18-13-9-16(10-14-18)20(4,5)6/h2*7-14H,1-6H3. The molecule has 0 nitrogen and oxygen atoms in total. The molecule has 0 bridgehead atoms. The van der Waals surface area contributed by atoms with Gasteiger partial charge in [0.1, 0.15) is 0 Å². The van der Waals surface area contributed by atoms with Gasteiger partial charge in [0.25, 0.3) is 0 Å². The second-order valence-electron chi connectivity index (χ2n) is 15.5. The van der Waals surface area contributed by atoms with Crippen LogP contribution in [-0.4, -0.2) is 0 Å². The van der Waals surface area contributed by atoms with Gasteiger partial charge in [-0.05, 0) is 0 Å². The predicted octanol–water partition coefficient (Wildman–Crippen LogP) is 14.0. The molecule has 0 aliphatic carbocycles. The summed E-state index contributed by atoms with van der Waals surface area (Å²) in [7, 11) is 13.6. The Morgan fingerprint density at radius 1 is 0.295 bits per heavy atom. The molecule has 0 saturated heterocycles. The van der Waals surface area contributed by atoms with Gasteiger partial charge in [-0.3, -0.25) is 0 Å². The molecule has 0 aromatic heterocycles. The molecule has 0 atom stereocenters. The average molecular weight is 858 g/mol. The molecule has 4 aromatic rings. The molecule has 0 N–H and O–H groups in total. The second-order valence-corrected chi connectivity index (χ2v) is 27.0. The van der Waals surface area contributed by atoms with Crippen LogP contribution in [-0.2, 0) is 21.7 Å². The van der Waals surface area contributed by atoms with Crippen LogP contribution in [0.4, 0.5) is 0 Å². The quantitative estimate of drug-likeness (QED) is 0.179. The molecule has 240 valence electrons. The molecule has 4 rings (SSSR count). The van der Waals surface area contributed by atoms with Crippen LogP contribution in [0, 0.1) is 14.3 Å². The number of hydrogen-bond donors (Lipinski definition) is 0. The molecule has 0 radical (unpaired) electrons. The molecule has 0 unspecified atom stereocenters. The predicted molar refractivity (Wildman–Crippen MR) is 215 cm³/mol. The van der Waals surface area contributed by atoms with Gasteiger partial charge in [0.15, 0.2) is 0 Å². The third-order valence-electron chi connectivity index (χ3n) is 7.61. The average Bonchev–Trinajstić information content (AvgIpc) is 2.95. The Balaban J connectivity index is 0.000000240. The second kappa shape index (κ2) is 14.8.